The van der Waals surface area contributed by atoms with Gasteiger partial charge in [-0.3, -0.25) is 4.79 Å². The Morgan fingerprint density at radius 3 is 2.83 bits per heavy atom. The average molecular weight is 251 g/mol. The first-order valence-electron chi connectivity index (χ1n) is 6.22. The Bertz CT molecular complexity index is 379. The minimum Gasteiger partial charge on any atom is -0.391 e. The minimum absolute atomic E-state index is 0.0860. The van der Waals surface area contributed by atoms with Gasteiger partial charge in [0, 0.05) is 19.2 Å². The Kier molecular flexibility index (Phi) is 6.39. The fourth-order valence-electron chi connectivity index (χ4n) is 1.77. The van der Waals surface area contributed by atoms with Crippen molar-refractivity contribution in [2.24, 2.45) is 0 Å². The third-order valence-electron chi connectivity index (χ3n) is 2.77. The van der Waals surface area contributed by atoms with Gasteiger partial charge in [0.15, 0.2) is 0 Å². The lowest BCUT2D eigenvalue weighted by Crippen LogP contribution is -2.29. The number of methoxy groups -OCH3 is 1. The fourth-order valence-corrected chi connectivity index (χ4v) is 1.77. The summed E-state index contributed by atoms with van der Waals surface area (Å²) in [6.45, 7) is 2.76. The Hall–Kier alpha value is -1.39. The van der Waals surface area contributed by atoms with E-state index in [9.17, 15) is 9.90 Å². The molecule has 1 amide bonds. The molecule has 0 saturated heterocycles. The molecule has 1 aromatic carbocycles. The Balaban J connectivity index is 2.45. The van der Waals surface area contributed by atoms with Gasteiger partial charge >= 0.3 is 0 Å². The second kappa shape index (κ2) is 7.84. The first kappa shape index (κ1) is 14.7. The molecule has 1 unspecified atom stereocenters. The Morgan fingerprint density at radius 2 is 2.17 bits per heavy atom. The van der Waals surface area contributed by atoms with E-state index in [1.807, 2.05) is 31.2 Å². The van der Waals surface area contributed by atoms with Crippen LogP contribution in [0.15, 0.2) is 24.3 Å². The lowest BCUT2D eigenvalue weighted by atomic mass is 10.0. The smallest absolute Gasteiger partial charge is 0.251 e. The molecule has 0 saturated carbocycles. The van der Waals surface area contributed by atoms with Crippen LogP contribution in [0.1, 0.15) is 29.3 Å². The highest BCUT2D eigenvalue weighted by Gasteiger charge is 2.10. The molecule has 4 nitrogen and oxygen atoms in total. The van der Waals surface area contributed by atoms with Gasteiger partial charge in [0.05, 0.1) is 12.7 Å². The van der Waals surface area contributed by atoms with E-state index in [0.29, 0.717) is 25.1 Å². The molecular formula is C14H21NO3. The van der Waals surface area contributed by atoms with Crippen molar-refractivity contribution in [1.82, 2.24) is 5.32 Å². The van der Waals surface area contributed by atoms with E-state index in [1.54, 1.807) is 7.11 Å². The maximum absolute atomic E-state index is 11.9. The number of rotatable bonds is 7. The molecule has 0 aliphatic heterocycles. The zero-order chi connectivity index (χ0) is 13.4. The summed E-state index contributed by atoms with van der Waals surface area (Å²) in [4.78, 5) is 11.9. The molecule has 0 bridgehead atoms. The van der Waals surface area contributed by atoms with Gasteiger partial charge in [-0.05, 0) is 24.5 Å². The van der Waals surface area contributed by atoms with Gasteiger partial charge in [0.25, 0.3) is 5.91 Å². The van der Waals surface area contributed by atoms with Crippen LogP contribution in [0.4, 0.5) is 0 Å². The van der Waals surface area contributed by atoms with E-state index in [4.69, 9.17) is 4.74 Å². The summed E-state index contributed by atoms with van der Waals surface area (Å²) in [6, 6.07) is 7.56. The number of hydrogen-bond acceptors (Lipinski definition) is 3. The molecule has 100 valence electrons. The van der Waals surface area contributed by atoms with Crippen molar-refractivity contribution in [1.29, 1.82) is 0 Å². The monoisotopic (exact) mass is 251 g/mol. The van der Waals surface area contributed by atoms with Crippen LogP contribution in [0.3, 0.4) is 0 Å². The third kappa shape index (κ3) is 4.47. The lowest BCUT2D eigenvalue weighted by molar-refractivity contribution is 0.0587. The van der Waals surface area contributed by atoms with E-state index in [-0.39, 0.29) is 5.91 Å². The van der Waals surface area contributed by atoms with Crippen molar-refractivity contribution in [2.45, 2.75) is 25.9 Å². The normalized spacial score (nSPS) is 12.2. The number of amides is 1. The number of hydrogen-bond donors (Lipinski definition) is 2. The molecule has 1 aromatic rings. The second-order valence-electron chi connectivity index (χ2n) is 4.16. The first-order chi connectivity index (χ1) is 8.69. The molecule has 2 N–H and O–H groups in total. The highest BCUT2D eigenvalue weighted by Crippen LogP contribution is 2.09. The van der Waals surface area contributed by atoms with Crippen molar-refractivity contribution in [2.75, 3.05) is 20.3 Å². The molecule has 1 rings (SSSR count). The highest BCUT2D eigenvalue weighted by atomic mass is 16.5. The zero-order valence-corrected chi connectivity index (χ0v) is 11.0. The van der Waals surface area contributed by atoms with Crippen LogP contribution in [-0.2, 0) is 11.2 Å². The number of carbonyl (C=O) groups is 1. The molecule has 18 heavy (non-hydrogen) atoms. The van der Waals surface area contributed by atoms with Crippen LogP contribution in [0.25, 0.3) is 0 Å². The van der Waals surface area contributed by atoms with Gasteiger partial charge in [-0.2, -0.15) is 0 Å². The van der Waals surface area contributed by atoms with Crippen LogP contribution < -0.4 is 5.32 Å². The fraction of sp³-hybridized carbons (Fsp3) is 0.500. The predicted molar refractivity (Wildman–Crippen MR) is 70.7 cm³/mol. The standard InChI is InChI=1S/C14H21NO3/c1-3-11-6-4-5-7-13(11)14(17)15-9-8-12(16)10-18-2/h4-7,12,16H,3,8-10H2,1-2H3,(H,15,17). The highest BCUT2D eigenvalue weighted by molar-refractivity contribution is 5.95. The summed E-state index contributed by atoms with van der Waals surface area (Å²) in [7, 11) is 1.54. The van der Waals surface area contributed by atoms with Crippen LogP contribution >= 0.6 is 0 Å². The number of aryl methyl sites for hydroxylation is 1. The summed E-state index contributed by atoms with van der Waals surface area (Å²) in [5.41, 5.74) is 1.74. The number of aliphatic hydroxyl groups excluding tert-OH is 1. The van der Waals surface area contributed by atoms with Crippen molar-refractivity contribution >= 4 is 5.91 Å². The van der Waals surface area contributed by atoms with Crippen molar-refractivity contribution in [3.63, 3.8) is 0 Å². The first-order valence-corrected chi connectivity index (χ1v) is 6.22. The van der Waals surface area contributed by atoms with E-state index < -0.39 is 6.10 Å². The van der Waals surface area contributed by atoms with Crippen LogP contribution in [0, 0.1) is 0 Å². The molecule has 1 atom stereocenters. The molecule has 0 spiro atoms. The largest absolute Gasteiger partial charge is 0.391 e. The maximum atomic E-state index is 11.9. The maximum Gasteiger partial charge on any atom is 0.251 e. The summed E-state index contributed by atoms with van der Waals surface area (Å²) >= 11 is 0. The molecule has 0 aliphatic rings. The van der Waals surface area contributed by atoms with Gasteiger partial charge in [0.1, 0.15) is 0 Å². The third-order valence-corrected chi connectivity index (χ3v) is 2.77. The molecule has 0 radical (unpaired) electrons. The molecule has 0 aromatic heterocycles. The summed E-state index contributed by atoms with van der Waals surface area (Å²) in [5.74, 6) is -0.0860. The topological polar surface area (TPSA) is 58.6 Å². The molecule has 0 fully saturated rings. The summed E-state index contributed by atoms with van der Waals surface area (Å²) in [6.07, 6.45) is 0.792. The predicted octanol–water partition coefficient (Wildman–Crippen LogP) is 1.38. The van der Waals surface area contributed by atoms with Gasteiger partial charge in [0.2, 0.25) is 0 Å². The lowest BCUT2D eigenvalue weighted by Gasteiger charge is -2.11. The average Bonchev–Trinajstić information content (AvgIpc) is 2.38. The molecule has 0 aliphatic carbocycles. The Morgan fingerprint density at radius 1 is 1.44 bits per heavy atom. The quantitative estimate of drug-likeness (QED) is 0.769. The van der Waals surface area contributed by atoms with Crippen LogP contribution in [0.2, 0.25) is 0 Å². The van der Waals surface area contributed by atoms with Gasteiger partial charge in [-0.15, -0.1) is 0 Å². The van der Waals surface area contributed by atoms with Crippen molar-refractivity contribution in [3.05, 3.63) is 35.4 Å². The van der Waals surface area contributed by atoms with Crippen molar-refractivity contribution in [3.8, 4) is 0 Å². The number of nitrogens with one attached hydrogen (secondary N) is 1. The number of ether oxygens (including phenoxy) is 1. The van der Waals surface area contributed by atoms with E-state index in [1.165, 1.54) is 0 Å². The molecular weight excluding hydrogens is 230 g/mol. The zero-order valence-electron chi connectivity index (χ0n) is 11.0. The summed E-state index contributed by atoms with van der Waals surface area (Å²) in [5, 5.41) is 12.3. The Labute approximate surface area is 108 Å². The molecule has 0 heterocycles. The van der Waals surface area contributed by atoms with Crippen LogP contribution in [0.5, 0.6) is 0 Å². The minimum atomic E-state index is -0.531. The van der Waals surface area contributed by atoms with E-state index in [2.05, 4.69) is 5.32 Å². The van der Waals surface area contributed by atoms with Gasteiger partial charge < -0.3 is 15.2 Å². The number of benzene rings is 1. The summed E-state index contributed by atoms with van der Waals surface area (Å²) < 4.78 is 4.82. The molecule has 4 heteroatoms. The van der Waals surface area contributed by atoms with Gasteiger partial charge in [-0.1, -0.05) is 25.1 Å². The SMILES string of the molecule is CCc1ccccc1C(=O)NCCC(O)COC. The number of carbonyl (C=O) groups excluding carboxylic acids is 1. The van der Waals surface area contributed by atoms with Crippen LogP contribution in [-0.4, -0.2) is 37.4 Å². The van der Waals surface area contributed by atoms with Crippen molar-refractivity contribution < 1.29 is 14.6 Å². The van der Waals surface area contributed by atoms with E-state index >= 15 is 0 Å². The number of aliphatic hydroxyl groups is 1. The van der Waals surface area contributed by atoms with E-state index in [0.717, 1.165) is 12.0 Å². The second-order valence-corrected chi connectivity index (χ2v) is 4.16. The van der Waals surface area contributed by atoms with Gasteiger partial charge in [-0.25, -0.2) is 0 Å².